The van der Waals surface area contributed by atoms with Gasteiger partial charge in [-0.25, -0.2) is 12.8 Å². The summed E-state index contributed by atoms with van der Waals surface area (Å²) in [5.41, 5.74) is 2.37. The van der Waals surface area contributed by atoms with Crippen LogP contribution in [0.5, 0.6) is 0 Å². The van der Waals surface area contributed by atoms with Gasteiger partial charge in [-0.1, -0.05) is 18.2 Å². The zero-order chi connectivity index (χ0) is 22.1. The molecule has 1 heterocycles. The van der Waals surface area contributed by atoms with Gasteiger partial charge in [-0.05, 0) is 86.4 Å². The average Bonchev–Trinajstić information content (AvgIpc) is 2.78. The van der Waals surface area contributed by atoms with Crippen LogP contribution in [0.4, 0.5) is 4.39 Å². The molecule has 1 N–H and O–H groups in total. The number of rotatable bonds is 5. The number of nitrogens with one attached hydrogen (secondary N) is 1. The number of piperidine rings is 1. The molecule has 1 aliphatic heterocycles. The molecule has 1 fully saturated rings. The number of amides is 1. The Balaban J connectivity index is 1.47. The maximum absolute atomic E-state index is 13.4. The second-order valence-corrected chi connectivity index (χ2v) is 10.9. The van der Waals surface area contributed by atoms with E-state index < -0.39 is 15.4 Å². The van der Waals surface area contributed by atoms with Crippen LogP contribution in [0.25, 0.3) is 0 Å². The van der Waals surface area contributed by atoms with Crippen LogP contribution in [-0.2, 0) is 34.2 Å². The van der Waals surface area contributed by atoms with Gasteiger partial charge in [-0.2, -0.15) is 4.31 Å². The number of hydrogen-bond acceptors (Lipinski definition) is 3. The van der Waals surface area contributed by atoms with Crippen molar-refractivity contribution in [1.82, 2.24) is 9.62 Å². The molecule has 4 rings (SSSR count). The molecule has 0 saturated carbocycles. The molecule has 0 aromatic heterocycles. The van der Waals surface area contributed by atoms with Crippen LogP contribution in [0.1, 0.15) is 49.3 Å². The van der Waals surface area contributed by atoms with Crippen molar-refractivity contribution < 1.29 is 17.6 Å². The number of nitrogens with zero attached hydrogens (tertiary/aromatic N) is 1. The van der Waals surface area contributed by atoms with Gasteiger partial charge in [0.1, 0.15) is 5.82 Å². The van der Waals surface area contributed by atoms with E-state index in [0.29, 0.717) is 24.3 Å². The van der Waals surface area contributed by atoms with Gasteiger partial charge in [0.2, 0.25) is 15.9 Å². The second-order valence-electron chi connectivity index (χ2n) is 8.95. The van der Waals surface area contributed by atoms with Crippen molar-refractivity contribution in [1.29, 1.82) is 0 Å². The van der Waals surface area contributed by atoms with Crippen LogP contribution in [0.15, 0.2) is 47.4 Å². The summed E-state index contributed by atoms with van der Waals surface area (Å²) in [5.74, 6) is -0.500. The first-order valence-corrected chi connectivity index (χ1v) is 12.4. The first-order chi connectivity index (χ1) is 14.8. The van der Waals surface area contributed by atoms with E-state index in [0.717, 1.165) is 36.8 Å². The fourth-order valence-electron chi connectivity index (χ4n) is 4.60. The lowest BCUT2D eigenvalue weighted by Crippen LogP contribution is -2.51. The number of benzene rings is 2. The first kappa shape index (κ1) is 22.0. The lowest BCUT2D eigenvalue weighted by Gasteiger charge is -2.38. The molecule has 0 radical (unpaired) electrons. The first-order valence-electron chi connectivity index (χ1n) is 10.9. The molecule has 2 aliphatic rings. The molecule has 1 aliphatic carbocycles. The van der Waals surface area contributed by atoms with Crippen molar-refractivity contribution in [3.05, 3.63) is 65.0 Å². The van der Waals surface area contributed by atoms with Crippen molar-refractivity contribution in [3.63, 3.8) is 0 Å². The summed E-state index contributed by atoms with van der Waals surface area (Å²) in [6.07, 6.45) is 5.42. The average molecular weight is 445 g/mol. The van der Waals surface area contributed by atoms with Gasteiger partial charge in [0.25, 0.3) is 0 Å². The number of fused-ring (bicyclic) bond motifs is 1. The molecule has 0 bridgehead atoms. The molecule has 0 spiro atoms. The maximum atomic E-state index is 13.4. The Morgan fingerprint density at radius 1 is 1.06 bits per heavy atom. The lowest BCUT2D eigenvalue weighted by molar-refractivity contribution is -0.132. The molecule has 31 heavy (non-hydrogen) atoms. The zero-order valence-electron chi connectivity index (χ0n) is 17.9. The highest BCUT2D eigenvalue weighted by Gasteiger charge is 2.42. The fourth-order valence-corrected chi connectivity index (χ4v) is 6.25. The summed E-state index contributed by atoms with van der Waals surface area (Å²) in [6.45, 7) is 2.68. The summed E-state index contributed by atoms with van der Waals surface area (Å²) >= 11 is 0. The van der Waals surface area contributed by atoms with Crippen LogP contribution >= 0.6 is 0 Å². The Kier molecular flexibility index (Phi) is 6.17. The standard InChI is InChI=1S/C24H29FN2O3S/c1-24(23(28)26-16-18-7-10-21(25)11-8-18)13-4-14-27(17-24)31(29,30)22-12-9-19-5-2-3-6-20(19)15-22/h7-12,15H,2-6,13-14,16-17H2,1H3,(H,26,28)/t24-/m0/s1. The minimum absolute atomic E-state index is 0.154. The van der Waals surface area contributed by atoms with E-state index in [-0.39, 0.29) is 24.8 Å². The van der Waals surface area contributed by atoms with Gasteiger partial charge < -0.3 is 5.32 Å². The minimum Gasteiger partial charge on any atom is -0.352 e. The molecule has 2 aromatic carbocycles. The highest BCUT2D eigenvalue weighted by molar-refractivity contribution is 7.89. The largest absolute Gasteiger partial charge is 0.352 e. The van der Waals surface area contributed by atoms with E-state index in [1.165, 1.54) is 22.0 Å². The Morgan fingerprint density at radius 3 is 2.52 bits per heavy atom. The second kappa shape index (κ2) is 8.71. The number of carbonyl (C=O) groups is 1. The molecule has 5 nitrogen and oxygen atoms in total. The number of carbonyl (C=O) groups excluding carboxylic acids is 1. The monoisotopic (exact) mass is 444 g/mol. The van der Waals surface area contributed by atoms with Crippen LogP contribution in [-0.4, -0.2) is 31.7 Å². The molecular weight excluding hydrogens is 415 g/mol. The maximum Gasteiger partial charge on any atom is 0.243 e. The van der Waals surface area contributed by atoms with E-state index >= 15 is 0 Å². The third-order valence-corrected chi connectivity index (χ3v) is 8.37. The van der Waals surface area contributed by atoms with E-state index in [2.05, 4.69) is 5.32 Å². The highest BCUT2D eigenvalue weighted by Crippen LogP contribution is 2.34. The summed E-state index contributed by atoms with van der Waals surface area (Å²) in [4.78, 5) is 13.3. The quantitative estimate of drug-likeness (QED) is 0.763. The van der Waals surface area contributed by atoms with Gasteiger partial charge in [0.15, 0.2) is 0 Å². The molecule has 0 unspecified atom stereocenters. The highest BCUT2D eigenvalue weighted by atomic mass is 32.2. The molecule has 1 saturated heterocycles. The Bertz CT molecular complexity index is 1070. The summed E-state index contributed by atoms with van der Waals surface area (Å²) in [5, 5.41) is 2.90. The number of halogens is 1. The normalized spacial score (nSPS) is 22.0. The molecule has 1 amide bonds. The summed E-state index contributed by atoms with van der Waals surface area (Å²) < 4.78 is 41.2. The van der Waals surface area contributed by atoms with E-state index in [4.69, 9.17) is 0 Å². The van der Waals surface area contributed by atoms with Gasteiger partial charge in [0, 0.05) is 19.6 Å². The Hall–Kier alpha value is -2.25. The van der Waals surface area contributed by atoms with Gasteiger partial charge in [-0.3, -0.25) is 4.79 Å². The van der Waals surface area contributed by atoms with Gasteiger partial charge in [0.05, 0.1) is 10.3 Å². The van der Waals surface area contributed by atoms with E-state index in [1.807, 2.05) is 19.1 Å². The van der Waals surface area contributed by atoms with Crippen molar-refractivity contribution in [3.8, 4) is 0 Å². The minimum atomic E-state index is -3.66. The molecule has 7 heteroatoms. The topological polar surface area (TPSA) is 66.5 Å². The van der Waals surface area contributed by atoms with Crippen molar-refractivity contribution >= 4 is 15.9 Å². The van der Waals surface area contributed by atoms with Crippen molar-refractivity contribution in [2.75, 3.05) is 13.1 Å². The number of hydrogen-bond donors (Lipinski definition) is 1. The lowest BCUT2D eigenvalue weighted by atomic mass is 9.82. The van der Waals surface area contributed by atoms with Gasteiger partial charge in [-0.15, -0.1) is 0 Å². The molecule has 2 aromatic rings. The molecule has 1 atom stereocenters. The number of sulfonamides is 1. The predicted molar refractivity (Wildman–Crippen MR) is 117 cm³/mol. The summed E-state index contributed by atoms with van der Waals surface area (Å²) in [7, 11) is -3.66. The zero-order valence-corrected chi connectivity index (χ0v) is 18.7. The van der Waals surface area contributed by atoms with Crippen LogP contribution < -0.4 is 5.32 Å². The van der Waals surface area contributed by atoms with E-state index in [9.17, 15) is 17.6 Å². The Morgan fingerprint density at radius 2 is 1.77 bits per heavy atom. The van der Waals surface area contributed by atoms with Crippen molar-refractivity contribution in [2.45, 2.75) is 56.9 Å². The Labute approximate surface area is 183 Å². The summed E-state index contributed by atoms with van der Waals surface area (Å²) in [6, 6.07) is 11.5. The SMILES string of the molecule is C[C@]1(C(=O)NCc2ccc(F)cc2)CCCN(S(=O)(=O)c2ccc3c(c2)CCCC3)C1. The van der Waals surface area contributed by atoms with Crippen LogP contribution in [0, 0.1) is 11.2 Å². The van der Waals surface area contributed by atoms with Crippen LogP contribution in [0.3, 0.4) is 0 Å². The predicted octanol–water partition coefficient (Wildman–Crippen LogP) is 3.81. The van der Waals surface area contributed by atoms with E-state index in [1.54, 1.807) is 18.2 Å². The number of aryl methyl sites for hydroxylation is 2. The smallest absolute Gasteiger partial charge is 0.243 e. The third-order valence-electron chi connectivity index (χ3n) is 6.53. The molecular formula is C24H29FN2O3S. The van der Waals surface area contributed by atoms with Crippen molar-refractivity contribution in [2.24, 2.45) is 5.41 Å². The van der Waals surface area contributed by atoms with Crippen LogP contribution in [0.2, 0.25) is 0 Å². The van der Waals surface area contributed by atoms with Gasteiger partial charge >= 0.3 is 0 Å². The third kappa shape index (κ3) is 4.67. The molecule has 166 valence electrons. The fraction of sp³-hybridized carbons (Fsp3) is 0.458.